The molecule has 3 aromatic rings. The Labute approximate surface area is 180 Å². The highest BCUT2D eigenvalue weighted by Gasteiger charge is 2.28. The zero-order valence-corrected chi connectivity index (χ0v) is 17.1. The van der Waals surface area contributed by atoms with E-state index in [0.29, 0.717) is 12.1 Å². The van der Waals surface area contributed by atoms with Gasteiger partial charge in [0.05, 0.1) is 30.4 Å². The molecule has 0 radical (unpaired) electrons. The topological polar surface area (TPSA) is 81.6 Å². The third kappa shape index (κ3) is 4.82. The van der Waals surface area contributed by atoms with E-state index in [1.165, 1.54) is 29.8 Å². The van der Waals surface area contributed by atoms with E-state index in [2.05, 4.69) is 10.3 Å². The SMILES string of the molecule is COc1cccc(F)c1-c1c(F)ccn2c(CCCN)c(C(=O)NCCC(F)(F)F)nc12. The van der Waals surface area contributed by atoms with Crippen LogP contribution in [0.15, 0.2) is 30.5 Å². The molecule has 3 rings (SSSR count). The average molecular weight is 456 g/mol. The summed E-state index contributed by atoms with van der Waals surface area (Å²) in [6.45, 7) is -0.369. The van der Waals surface area contributed by atoms with Gasteiger partial charge in [0.15, 0.2) is 0 Å². The number of carbonyl (C=O) groups excluding carboxylic acids is 1. The molecule has 0 unspecified atom stereocenters. The number of benzene rings is 1. The minimum atomic E-state index is -4.44. The molecule has 1 aromatic carbocycles. The largest absolute Gasteiger partial charge is 0.496 e. The molecular formula is C21H21F5N4O2. The number of carbonyl (C=O) groups is 1. The number of pyridine rings is 1. The van der Waals surface area contributed by atoms with Crippen LogP contribution >= 0.6 is 0 Å². The second-order valence-electron chi connectivity index (χ2n) is 6.97. The number of nitrogens with one attached hydrogen (secondary N) is 1. The van der Waals surface area contributed by atoms with Crippen molar-refractivity contribution in [2.24, 2.45) is 5.73 Å². The van der Waals surface area contributed by atoms with Crippen LogP contribution in [0.2, 0.25) is 0 Å². The van der Waals surface area contributed by atoms with Gasteiger partial charge in [0.1, 0.15) is 28.7 Å². The van der Waals surface area contributed by atoms with Crippen LogP contribution in [-0.4, -0.2) is 41.7 Å². The number of rotatable bonds is 8. The number of aromatic nitrogens is 2. The molecule has 0 bridgehead atoms. The van der Waals surface area contributed by atoms with E-state index in [1.807, 2.05) is 0 Å². The molecule has 172 valence electrons. The molecule has 1 amide bonds. The molecule has 0 spiro atoms. The third-order valence-electron chi connectivity index (χ3n) is 4.81. The minimum Gasteiger partial charge on any atom is -0.496 e. The van der Waals surface area contributed by atoms with Gasteiger partial charge in [-0.2, -0.15) is 13.2 Å². The molecule has 32 heavy (non-hydrogen) atoms. The predicted octanol–water partition coefficient (Wildman–Crippen LogP) is 3.86. The van der Waals surface area contributed by atoms with Crippen LogP contribution in [0.5, 0.6) is 5.75 Å². The van der Waals surface area contributed by atoms with E-state index in [4.69, 9.17) is 10.5 Å². The van der Waals surface area contributed by atoms with Crippen molar-refractivity contribution in [1.82, 2.24) is 14.7 Å². The molecule has 6 nitrogen and oxygen atoms in total. The summed E-state index contributed by atoms with van der Waals surface area (Å²) in [6, 6.07) is 5.06. The van der Waals surface area contributed by atoms with Gasteiger partial charge in [0, 0.05) is 12.7 Å². The maximum atomic E-state index is 14.9. The first-order valence-corrected chi connectivity index (χ1v) is 9.75. The van der Waals surface area contributed by atoms with Crippen LogP contribution in [0.4, 0.5) is 22.0 Å². The first-order valence-electron chi connectivity index (χ1n) is 9.75. The van der Waals surface area contributed by atoms with Crippen LogP contribution in [0.1, 0.15) is 29.0 Å². The lowest BCUT2D eigenvalue weighted by Crippen LogP contribution is -2.29. The molecule has 11 heteroatoms. The second kappa shape index (κ2) is 9.51. The summed E-state index contributed by atoms with van der Waals surface area (Å²) in [5.41, 5.74) is 5.23. The maximum absolute atomic E-state index is 14.9. The fourth-order valence-electron chi connectivity index (χ4n) is 3.37. The van der Waals surface area contributed by atoms with E-state index in [-0.39, 0.29) is 41.2 Å². The molecule has 0 fully saturated rings. The fourth-order valence-corrected chi connectivity index (χ4v) is 3.37. The van der Waals surface area contributed by atoms with Crippen molar-refractivity contribution < 1.29 is 31.5 Å². The average Bonchev–Trinajstić information content (AvgIpc) is 3.10. The second-order valence-corrected chi connectivity index (χ2v) is 6.97. The summed E-state index contributed by atoms with van der Waals surface area (Å²) in [5.74, 6) is -2.36. The molecule has 2 aromatic heterocycles. The van der Waals surface area contributed by atoms with Crippen molar-refractivity contribution in [1.29, 1.82) is 0 Å². The summed E-state index contributed by atoms with van der Waals surface area (Å²) in [7, 11) is 1.30. The van der Waals surface area contributed by atoms with Gasteiger partial charge in [-0.3, -0.25) is 4.79 Å². The summed E-state index contributed by atoms with van der Waals surface area (Å²) >= 11 is 0. The van der Waals surface area contributed by atoms with Crippen molar-refractivity contribution in [3.8, 4) is 16.9 Å². The van der Waals surface area contributed by atoms with Gasteiger partial charge >= 0.3 is 6.18 Å². The monoisotopic (exact) mass is 456 g/mol. The highest BCUT2D eigenvalue weighted by Crippen LogP contribution is 2.37. The van der Waals surface area contributed by atoms with E-state index in [0.717, 1.165) is 12.1 Å². The van der Waals surface area contributed by atoms with Crippen LogP contribution in [0.3, 0.4) is 0 Å². The van der Waals surface area contributed by atoms with E-state index in [9.17, 15) is 26.7 Å². The van der Waals surface area contributed by atoms with Gasteiger partial charge in [-0.05, 0) is 37.6 Å². The lowest BCUT2D eigenvalue weighted by Gasteiger charge is -2.12. The molecule has 0 aliphatic heterocycles. The Morgan fingerprint density at radius 2 is 1.91 bits per heavy atom. The number of methoxy groups -OCH3 is 1. The van der Waals surface area contributed by atoms with Crippen molar-refractivity contribution in [2.45, 2.75) is 25.4 Å². The van der Waals surface area contributed by atoms with Crippen LogP contribution < -0.4 is 15.8 Å². The molecule has 0 aliphatic rings. The molecular weight excluding hydrogens is 435 g/mol. The van der Waals surface area contributed by atoms with Gasteiger partial charge < -0.3 is 20.2 Å². The number of hydrogen-bond donors (Lipinski definition) is 2. The summed E-state index contributed by atoms with van der Waals surface area (Å²) < 4.78 is 73.5. The Morgan fingerprint density at radius 3 is 2.56 bits per heavy atom. The van der Waals surface area contributed by atoms with E-state index in [1.54, 1.807) is 0 Å². The zero-order chi connectivity index (χ0) is 23.5. The molecule has 0 aliphatic carbocycles. The van der Waals surface area contributed by atoms with Crippen molar-refractivity contribution in [2.75, 3.05) is 20.2 Å². The number of amides is 1. The highest BCUT2D eigenvalue weighted by molar-refractivity contribution is 5.95. The van der Waals surface area contributed by atoms with Crippen molar-refractivity contribution in [3.05, 3.63) is 53.5 Å². The van der Waals surface area contributed by atoms with E-state index < -0.39 is 36.7 Å². The Balaban J connectivity index is 2.16. The first kappa shape index (κ1) is 23.5. The number of aryl methyl sites for hydroxylation is 1. The summed E-state index contributed by atoms with van der Waals surface area (Å²) in [6.07, 6.45) is -3.64. The summed E-state index contributed by atoms with van der Waals surface area (Å²) in [5, 5.41) is 2.18. The summed E-state index contributed by atoms with van der Waals surface area (Å²) in [4.78, 5) is 16.8. The Morgan fingerprint density at radius 1 is 1.19 bits per heavy atom. The Hall–Kier alpha value is -3.21. The number of imidazole rings is 1. The number of hydrogen-bond acceptors (Lipinski definition) is 4. The van der Waals surface area contributed by atoms with Gasteiger partial charge in [-0.1, -0.05) is 6.07 Å². The van der Waals surface area contributed by atoms with Crippen molar-refractivity contribution >= 4 is 11.6 Å². The third-order valence-corrected chi connectivity index (χ3v) is 4.81. The zero-order valence-electron chi connectivity index (χ0n) is 17.1. The maximum Gasteiger partial charge on any atom is 0.390 e. The van der Waals surface area contributed by atoms with Gasteiger partial charge in [0.2, 0.25) is 0 Å². The standard InChI is InChI=1S/C21H21F5N4O2/c1-32-15-6-2-4-12(22)16(15)17-13(23)7-11-30-14(5-3-9-27)18(29-19(17)30)20(31)28-10-8-21(24,25)26/h2,4,6-7,11H,3,5,8-10,27H2,1H3,(H,28,31). The lowest BCUT2D eigenvalue weighted by molar-refractivity contribution is -0.133. The Kier molecular flexibility index (Phi) is 6.97. The number of alkyl halides is 3. The van der Waals surface area contributed by atoms with Crippen LogP contribution in [0.25, 0.3) is 16.8 Å². The smallest absolute Gasteiger partial charge is 0.390 e. The molecule has 0 saturated heterocycles. The number of fused-ring (bicyclic) bond motifs is 1. The lowest BCUT2D eigenvalue weighted by atomic mass is 10.0. The van der Waals surface area contributed by atoms with Crippen LogP contribution in [0, 0.1) is 11.6 Å². The van der Waals surface area contributed by atoms with Crippen LogP contribution in [-0.2, 0) is 6.42 Å². The van der Waals surface area contributed by atoms with Gasteiger partial charge in [-0.25, -0.2) is 13.8 Å². The molecule has 0 saturated carbocycles. The molecule has 2 heterocycles. The number of nitrogens with two attached hydrogens (primary N) is 1. The number of halogens is 5. The Bertz CT molecular complexity index is 1130. The quantitative estimate of drug-likeness (QED) is 0.505. The minimum absolute atomic E-state index is 0.0553. The fraction of sp³-hybridized carbons (Fsp3) is 0.333. The van der Waals surface area contributed by atoms with Crippen molar-refractivity contribution in [3.63, 3.8) is 0 Å². The normalized spacial score (nSPS) is 11.7. The highest BCUT2D eigenvalue weighted by atomic mass is 19.4. The molecule has 0 atom stereocenters. The van der Waals surface area contributed by atoms with Gasteiger partial charge in [0.25, 0.3) is 5.91 Å². The predicted molar refractivity (Wildman–Crippen MR) is 107 cm³/mol. The van der Waals surface area contributed by atoms with E-state index >= 15 is 0 Å². The van der Waals surface area contributed by atoms with Gasteiger partial charge in [-0.15, -0.1) is 0 Å². The molecule has 3 N–H and O–H groups in total. The first-order chi connectivity index (χ1) is 15.2. The number of ether oxygens (including phenoxy) is 1. The number of nitrogens with zero attached hydrogens (tertiary/aromatic N) is 2.